The molecule has 0 saturated heterocycles. The van der Waals surface area contributed by atoms with E-state index < -0.39 is 11.5 Å². The second-order valence-electron chi connectivity index (χ2n) is 7.36. The highest BCUT2D eigenvalue weighted by atomic mass is 19.1. The number of hydrogen-bond donors (Lipinski definition) is 2. The Morgan fingerprint density at radius 3 is 2.57 bits per heavy atom. The molecule has 1 fully saturated rings. The highest BCUT2D eigenvalue weighted by Gasteiger charge is 2.41. The van der Waals surface area contributed by atoms with Crippen LogP contribution in [0, 0.1) is 11.7 Å². The van der Waals surface area contributed by atoms with E-state index in [4.69, 9.17) is 15.2 Å². The molecule has 3 N–H and O–H groups in total. The molecular weight excluding hydrogens is 363 g/mol. The minimum atomic E-state index is -0.974. The van der Waals surface area contributed by atoms with Gasteiger partial charge >= 0.3 is 0 Å². The van der Waals surface area contributed by atoms with Gasteiger partial charge in [-0.25, -0.2) is 9.37 Å². The minimum Gasteiger partial charge on any atom is -0.475 e. The monoisotopic (exact) mass is 388 g/mol. The Bertz CT molecular complexity index is 848. The molecule has 0 spiro atoms. The van der Waals surface area contributed by atoms with Crippen LogP contribution in [-0.2, 0) is 11.2 Å². The number of primary amides is 1. The van der Waals surface area contributed by atoms with E-state index in [1.54, 1.807) is 32.2 Å². The van der Waals surface area contributed by atoms with Gasteiger partial charge in [0.2, 0.25) is 5.88 Å². The molecule has 1 heterocycles. The molecule has 7 heteroatoms. The van der Waals surface area contributed by atoms with E-state index in [0.29, 0.717) is 23.4 Å². The van der Waals surface area contributed by atoms with Crippen molar-refractivity contribution in [3.8, 4) is 17.0 Å². The van der Waals surface area contributed by atoms with E-state index in [0.717, 1.165) is 12.8 Å². The van der Waals surface area contributed by atoms with Crippen molar-refractivity contribution in [3.05, 3.63) is 47.4 Å². The number of halogens is 1. The molecule has 1 aromatic heterocycles. The van der Waals surface area contributed by atoms with Crippen molar-refractivity contribution >= 4 is 5.91 Å². The fourth-order valence-electron chi connectivity index (χ4n) is 3.24. The van der Waals surface area contributed by atoms with Gasteiger partial charge in [-0.3, -0.25) is 4.79 Å². The Labute approximate surface area is 163 Å². The average molecular weight is 388 g/mol. The van der Waals surface area contributed by atoms with E-state index >= 15 is 0 Å². The zero-order valence-electron chi connectivity index (χ0n) is 16.1. The van der Waals surface area contributed by atoms with E-state index in [9.17, 15) is 14.3 Å². The summed E-state index contributed by atoms with van der Waals surface area (Å²) in [5.41, 5.74) is 6.40. The zero-order chi connectivity index (χ0) is 20.3. The first-order chi connectivity index (χ1) is 13.3. The number of nitrogens with zero attached hydrogens (tertiary/aromatic N) is 1. The van der Waals surface area contributed by atoms with Gasteiger partial charge in [-0.2, -0.15) is 0 Å². The van der Waals surface area contributed by atoms with Crippen LogP contribution in [0.15, 0.2) is 30.3 Å². The van der Waals surface area contributed by atoms with Crippen molar-refractivity contribution in [1.29, 1.82) is 0 Å². The first-order valence-corrected chi connectivity index (χ1v) is 9.25. The van der Waals surface area contributed by atoms with E-state index in [-0.39, 0.29) is 36.2 Å². The predicted octanol–water partition coefficient (Wildman–Crippen LogP) is 2.72. The van der Waals surface area contributed by atoms with Gasteiger partial charge in [0.1, 0.15) is 12.4 Å². The first kappa shape index (κ1) is 20.2. The zero-order valence-corrected chi connectivity index (χ0v) is 16.1. The second-order valence-corrected chi connectivity index (χ2v) is 7.36. The third-order valence-electron chi connectivity index (χ3n) is 5.00. The topological polar surface area (TPSA) is 94.7 Å². The molecule has 1 saturated carbocycles. The van der Waals surface area contributed by atoms with Crippen molar-refractivity contribution < 1.29 is 23.8 Å². The largest absolute Gasteiger partial charge is 0.475 e. The standard InChI is InChI=1S/C21H25FN2O4/c1-21(26,14-5-6-14)12-18-17(19(23)25)11-16(13-3-7-15(22)8-4-13)20(24-18)28-10-9-27-2/h3-4,7-8,11,14,26H,5-6,9-10,12H2,1-2H3,(H2,23,25)/t21-/m1/s1. The molecule has 0 unspecified atom stereocenters. The van der Waals surface area contributed by atoms with E-state index in [1.807, 2.05) is 0 Å². The van der Waals surface area contributed by atoms with Gasteiger partial charge in [0.15, 0.2) is 0 Å². The lowest BCUT2D eigenvalue weighted by Gasteiger charge is -2.24. The van der Waals surface area contributed by atoms with Gasteiger partial charge in [0.25, 0.3) is 5.91 Å². The van der Waals surface area contributed by atoms with Gasteiger partial charge < -0.3 is 20.3 Å². The smallest absolute Gasteiger partial charge is 0.250 e. The maximum atomic E-state index is 13.3. The summed E-state index contributed by atoms with van der Waals surface area (Å²) >= 11 is 0. The molecule has 0 aliphatic heterocycles. The summed E-state index contributed by atoms with van der Waals surface area (Å²) in [5, 5.41) is 10.7. The summed E-state index contributed by atoms with van der Waals surface area (Å²) in [7, 11) is 1.56. The average Bonchev–Trinajstić information content (AvgIpc) is 3.48. The van der Waals surface area contributed by atoms with Crippen LogP contribution >= 0.6 is 0 Å². The Balaban J connectivity index is 2.05. The van der Waals surface area contributed by atoms with Crippen LogP contribution in [0.2, 0.25) is 0 Å². The quantitative estimate of drug-likeness (QED) is 0.644. The van der Waals surface area contributed by atoms with E-state index in [2.05, 4.69) is 4.98 Å². The van der Waals surface area contributed by atoms with Crippen LogP contribution in [-0.4, -0.2) is 41.9 Å². The number of methoxy groups -OCH3 is 1. The summed E-state index contributed by atoms with van der Waals surface area (Å²) in [6.07, 6.45) is 2.09. The molecule has 1 aromatic carbocycles. The second kappa shape index (κ2) is 8.24. The Morgan fingerprint density at radius 2 is 2.00 bits per heavy atom. The van der Waals surface area contributed by atoms with Crippen molar-refractivity contribution in [1.82, 2.24) is 4.98 Å². The molecule has 3 rings (SSSR count). The maximum Gasteiger partial charge on any atom is 0.250 e. The highest BCUT2D eigenvalue weighted by molar-refractivity contribution is 5.95. The van der Waals surface area contributed by atoms with Crippen LogP contribution in [0.3, 0.4) is 0 Å². The molecule has 1 aliphatic carbocycles. The Hall–Kier alpha value is -2.51. The molecule has 0 bridgehead atoms. The van der Waals surface area contributed by atoms with Crippen molar-refractivity contribution in [2.24, 2.45) is 11.7 Å². The third kappa shape index (κ3) is 4.66. The fourth-order valence-corrected chi connectivity index (χ4v) is 3.24. The minimum absolute atomic E-state index is 0.185. The lowest BCUT2D eigenvalue weighted by molar-refractivity contribution is 0.0359. The molecule has 28 heavy (non-hydrogen) atoms. The normalized spacial score (nSPS) is 15.9. The summed E-state index contributed by atoms with van der Waals surface area (Å²) in [4.78, 5) is 16.6. The summed E-state index contributed by atoms with van der Waals surface area (Å²) in [5.74, 6) is -0.536. The number of benzene rings is 1. The lowest BCUT2D eigenvalue weighted by Crippen LogP contribution is -2.32. The summed E-state index contributed by atoms with van der Waals surface area (Å²) in [6.45, 7) is 2.36. The van der Waals surface area contributed by atoms with E-state index in [1.165, 1.54) is 12.1 Å². The fraction of sp³-hybridized carbons (Fsp3) is 0.429. The number of rotatable bonds is 9. The maximum absolute atomic E-state index is 13.3. The molecule has 1 atom stereocenters. The number of aliphatic hydroxyl groups is 1. The number of hydrogen-bond acceptors (Lipinski definition) is 5. The Morgan fingerprint density at radius 1 is 1.32 bits per heavy atom. The summed E-state index contributed by atoms with van der Waals surface area (Å²) in [6, 6.07) is 7.41. The summed E-state index contributed by atoms with van der Waals surface area (Å²) < 4.78 is 24.1. The lowest BCUT2D eigenvalue weighted by atomic mass is 9.91. The van der Waals surface area contributed by atoms with Crippen molar-refractivity contribution in [2.45, 2.75) is 31.8 Å². The van der Waals surface area contributed by atoms with Gasteiger partial charge in [-0.15, -0.1) is 0 Å². The predicted molar refractivity (Wildman–Crippen MR) is 103 cm³/mol. The molecule has 0 radical (unpaired) electrons. The van der Waals surface area contributed by atoms with Crippen LogP contribution in [0.5, 0.6) is 5.88 Å². The number of nitrogens with two attached hydrogens (primary N) is 1. The van der Waals surface area contributed by atoms with Crippen LogP contribution < -0.4 is 10.5 Å². The van der Waals surface area contributed by atoms with Crippen molar-refractivity contribution in [2.75, 3.05) is 20.3 Å². The number of ether oxygens (including phenoxy) is 2. The van der Waals surface area contributed by atoms with Crippen LogP contribution in [0.1, 0.15) is 35.8 Å². The SMILES string of the molecule is COCCOc1nc(C[C@@](C)(O)C2CC2)c(C(N)=O)cc1-c1ccc(F)cc1. The van der Waals surface area contributed by atoms with Gasteiger partial charge in [0.05, 0.1) is 23.5 Å². The third-order valence-corrected chi connectivity index (χ3v) is 5.00. The molecule has 1 aliphatic rings. The van der Waals surface area contributed by atoms with Gasteiger partial charge in [-0.1, -0.05) is 12.1 Å². The van der Waals surface area contributed by atoms with Gasteiger partial charge in [0, 0.05) is 19.1 Å². The van der Waals surface area contributed by atoms with Crippen LogP contribution in [0.4, 0.5) is 4.39 Å². The number of carbonyl (C=O) groups is 1. The molecule has 150 valence electrons. The number of amides is 1. The van der Waals surface area contributed by atoms with Crippen molar-refractivity contribution in [3.63, 3.8) is 0 Å². The number of carbonyl (C=O) groups excluding carboxylic acids is 1. The first-order valence-electron chi connectivity index (χ1n) is 9.25. The molecular formula is C21H25FN2O4. The number of aromatic nitrogens is 1. The molecule has 2 aromatic rings. The molecule has 1 amide bonds. The molecule has 6 nitrogen and oxygen atoms in total. The van der Waals surface area contributed by atoms with Gasteiger partial charge in [-0.05, 0) is 49.4 Å². The number of pyridine rings is 1. The highest BCUT2D eigenvalue weighted by Crippen LogP contribution is 2.42. The Kier molecular flexibility index (Phi) is 5.96. The van der Waals surface area contributed by atoms with Crippen LogP contribution in [0.25, 0.3) is 11.1 Å².